The van der Waals surface area contributed by atoms with Gasteiger partial charge in [0.05, 0.1) is 6.10 Å². The van der Waals surface area contributed by atoms with E-state index in [-0.39, 0.29) is 24.5 Å². The zero-order valence-electron chi connectivity index (χ0n) is 13.8. The standard InChI is InChI=1S/C18H25N3O3/c22-15-11-16(17(23)19-13-7-3-1-4-8-13)21(12-15)18(24)20-14-9-5-2-6-10-14/h2,5-6,9-10,13,15-16,22H,1,3-4,7-8,11-12H2,(H,19,23)(H,20,24). The van der Waals surface area contributed by atoms with Crippen molar-refractivity contribution in [3.8, 4) is 0 Å². The summed E-state index contributed by atoms with van der Waals surface area (Å²) in [5.74, 6) is -0.151. The number of rotatable bonds is 3. The van der Waals surface area contributed by atoms with E-state index in [0.717, 1.165) is 25.7 Å². The minimum atomic E-state index is -0.659. The van der Waals surface area contributed by atoms with Crippen molar-refractivity contribution < 1.29 is 14.7 Å². The van der Waals surface area contributed by atoms with Gasteiger partial charge in [0.1, 0.15) is 6.04 Å². The lowest BCUT2D eigenvalue weighted by Crippen LogP contribution is -2.50. The second kappa shape index (κ2) is 7.66. The molecule has 1 heterocycles. The molecule has 1 aromatic rings. The molecule has 3 rings (SSSR count). The number of likely N-dealkylation sites (tertiary alicyclic amines) is 1. The van der Waals surface area contributed by atoms with Crippen molar-refractivity contribution in [3.05, 3.63) is 30.3 Å². The van der Waals surface area contributed by atoms with Gasteiger partial charge in [-0.3, -0.25) is 4.79 Å². The summed E-state index contributed by atoms with van der Waals surface area (Å²) in [6.07, 6.45) is 5.12. The molecular formula is C18H25N3O3. The van der Waals surface area contributed by atoms with E-state index in [1.54, 1.807) is 12.1 Å². The Labute approximate surface area is 142 Å². The van der Waals surface area contributed by atoms with E-state index in [0.29, 0.717) is 12.1 Å². The number of para-hydroxylation sites is 1. The molecule has 3 N–H and O–H groups in total. The summed E-state index contributed by atoms with van der Waals surface area (Å²) in [6.45, 7) is 0.182. The van der Waals surface area contributed by atoms with Crippen molar-refractivity contribution in [1.82, 2.24) is 10.2 Å². The molecule has 0 bridgehead atoms. The quantitative estimate of drug-likeness (QED) is 0.793. The Morgan fingerprint density at radius 2 is 1.79 bits per heavy atom. The first kappa shape index (κ1) is 16.8. The third kappa shape index (κ3) is 4.06. The van der Waals surface area contributed by atoms with Crippen molar-refractivity contribution in [2.75, 3.05) is 11.9 Å². The molecule has 0 radical (unpaired) electrons. The highest BCUT2D eigenvalue weighted by molar-refractivity contribution is 5.94. The molecule has 0 spiro atoms. The number of carbonyl (C=O) groups is 2. The number of benzene rings is 1. The van der Waals surface area contributed by atoms with Gasteiger partial charge in [-0.05, 0) is 25.0 Å². The summed E-state index contributed by atoms with van der Waals surface area (Å²) < 4.78 is 0. The first-order valence-corrected chi connectivity index (χ1v) is 8.74. The summed E-state index contributed by atoms with van der Waals surface area (Å²) >= 11 is 0. The largest absolute Gasteiger partial charge is 0.391 e. The average Bonchev–Trinajstić information content (AvgIpc) is 2.99. The fourth-order valence-electron chi connectivity index (χ4n) is 3.55. The predicted molar refractivity (Wildman–Crippen MR) is 91.6 cm³/mol. The third-order valence-corrected chi connectivity index (χ3v) is 4.82. The predicted octanol–water partition coefficient (Wildman–Crippen LogP) is 2.10. The molecule has 1 aliphatic heterocycles. The van der Waals surface area contributed by atoms with Crippen LogP contribution < -0.4 is 10.6 Å². The monoisotopic (exact) mass is 331 g/mol. The van der Waals surface area contributed by atoms with Crippen molar-refractivity contribution in [2.45, 2.75) is 56.7 Å². The molecule has 1 aliphatic carbocycles. The molecule has 2 unspecified atom stereocenters. The van der Waals surface area contributed by atoms with Gasteiger partial charge in [-0.1, -0.05) is 37.5 Å². The number of anilines is 1. The molecule has 1 saturated carbocycles. The van der Waals surface area contributed by atoms with E-state index in [1.165, 1.54) is 11.3 Å². The molecule has 2 fully saturated rings. The van der Waals surface area contributed by atoms with Gasteiger partial charge in [-0.15, -0.1) is 0 Å². The number of carbonyl (C=O) groups excluding carboxylic acids is 2. The molecule has 1 aromatic carbocycles. The average molecular weight is 331 g/mol. The van der Waals surface area contributed by atoms with Crippen LogP contribution in [0.5, 0.6) is 0 Å². The van der Waals surface area contributed by atoms with Crippen LogP contribution in [0, 0.1) is 0 Å². The lowest BCUT2D eigenvalue weighted by Gasteiger charge is -2.28. The van der Waals surface area contributed by atoms with Crippen LogP contribution in [0.3, 0.4) is 0 Å². The fraction of sp³-hybridized carbons (Fsp3) is 0.556. The Kier molecular flexibility index (Phi) is 5.35. The molecule has 1 saturated heterocycles. The van der Waals surface area contributed by atoms with Crippen LogP contribution in [0.4, 0.5) is 10.5 Å². The molecule has 2 aliphatic rings. The number of urea groups is 1. The zero-order valence-corrected chi connectivity index (χ0v) is 13.8. The summed E-state index contributed by atoms with van der Waals surface area (Å²) in [4.78, 5) is 26.5. The van der Waals surface area contributed by atoms with E-state index in [4.69, 9.17) is 0 Å². The smallest absolute Gasteiger partial charge is 0.322 e. The maximum Gasteiger partial charge on any atom is 0.322 e. The number of aliphatic hydroxyl groups is 1. The Balaban J connectivity index is 1.62. The maximum atomic E-state index is 12.6. The summed E-state index contributed by atoms with van der Waals surface area (Å²) in [7, 11) is 0. The van der Waals surface area contributed by atoms with Crippen LogP contribution in [0.1, 0.15) is 38.5 Å². The molecule has 24 heavy (non-hydrogen) atoms. The van der Waals surface area contributed by atoms with Gasteiger partial charge in [0, 0.05) is 24.7 Å². The van der Waals surface area contributed by atoms with Gasteiger partial charge >= 0.3 is 6.03 Å². The minimum Gasteiger partial charge on any atom is -0.391 e. The lowest BCUT2D eigenvalue weighted by atomic mass is 9.95. The van der Waals surface area contributed by atoms with Gasteiger partial charge in [0.15, 0.2) is 0 Å². The number of hydrogen-bond acceptors (Lipinski definition) is 3. The molecule has 6 heteroatoms. The van der Waals surface area contributed by atoms with Crippen molar-refractivity contribution in [2.24, 2.45) is 0 Å². The molecule has 3 amide bonds. The SMILES string of the molecule is O=C(NC1CCCCC1)C1CC(O)CN1C(=O)Nc1ccccc1. The molecule has 6 nitrogen and oxygen atoms in total. The van der Waals surface area contributed by atoms with Crippen molar-refractivity contribution >= 4 is 17.6 Å². The molecule has 0 aromatic heterocycles. The minimum absolute atomic E-state index is 0.151. The van der Waals surface area contributed by atoms with Gasteiger partial charge in [0.2, 0.25) is 5.91 Å². The Hall–Kier alpha value is -2.08. The van der Waals surface area contributed by atoms with Gasteiger partial charge < -0.3 is 20.6 Å². The van der Waals surface area contributed by atoms with E-state index in [1.807, 2.05) is 18.2 Å². The highest BCUT2D eigenvalue weighted by Gasteiger charge is 2.39. The number of nitrogens with zero attached hydrogens (tertiary/aromatic N) is 1. The van der Waals surface area contributed by atoms with Crippen LogP contribution in [0.2, 0.25) is 0 Å². The fourth-order valence-corrected chi connectivity index (χ4v) is 3.55. The highest BCUT2D eigenvalue weighted by Crippen LogP contribution is 2.22. The van der Waals surface area contributed by atoms with E-state index in [9.17, 15) is 14.7 Å². The van der Waals surface area contributed by atoms with Crippen molar-refractivity contribution in [1.29, 1.82) is 0 Å². The first-order chi connectivity index (χ1) is 11.6. The number of amides is 3. The topological polar surface area (TPSA) is 81.7 Å². The summed E-state index contributed by atoms with van der Waals surface area (Å²) in [5, 5.41) is 15.8. The summed E-state index contributed by atoms with van der Waals surface area (Å²) in [6, 6.07) is 8.37. The number of β-amino-alcohol motifs (C(OH)–C–C–N with tert-alkyl or cyclic N) is 1. The number of hydrogen-bond donors (Lipinski definition) is 3. The first-order valence-electron chi connectivity index (χ1n) is 8.74. The Morgan fingerprint density at radius 3 is 2.50 bits per heavy atom. The maximum absolute atomic E-state index is 12.6. The highest BCUT2D eigenvalue weighted by atomic mass is 16.3. The van der Waals surface area contributed by atoms with Crippen LogP contribution in [-0.4, -0.2) is 46.7 Å². The second-order valence-electron chi connectivity index (χ2n) is 6.70. The molecule has 130 valence electrons. The van der Waals surface area contributed by atoms with Crippen LogP contribution in [0.15, 0.2) is 30.3 Å². The normalized spacial score (nSPS) is 24.6. The second-order valence-corrected chi connectivity index (χ2v) is 6.70. The molecule has 2 atom stereocenters. The van der Waals surface area contributed by atoms with Crippen LogP contribution in [0.25, 0.3) is 0 Å². The number of nitrogens with one attached hydrogen (secondary N) is 2. The van der Waals surface area contributed by atoms with Crippen LogP contribution in [-0.2, 0) is 4.79 Å². The van der Waals surface area contributed by atoms with Gasteiger partial charge in [0.25, 0.3) is 0 Å². The van der Waals surface area contributed by atoms with E-state index >= 15 is 0 Å². The number of aliphatic hydroxyl groups excluding tert-OH is 1. The van der Waals surface area contributed by atoms with Gasteiger partial charge in [-0.2, -0.15) is 0 Å². The summed E-state index contributed by atoms with van der Waals surface area (Å²) in [5.41, 5.74) is 0.676. The van der Waals surface area contributed by atoms with Gasteiger partial charge in [-0.25, -0.2) is 4.79 Å². The van der Waals surface area contributed by atoms with E-state index in [2.05, 4.69) is 10.6 Å². The zero-order chi connectivity index (χ0) is 16.9. The lowest BCUT2D eigenvalue weighted by molar-refractivity contribution is -0.125. The van der Waals surface area contributed by atoms with E-state index < -0.39 is 12.1 Å². The molecular weight excluding hydrogens is 306 g/mol. The van der Waals surface area contributed by atoms with Crippen molar-refractivity contribution in [3.63, 3.8) is 0 Å². The van der Waals surface area contributed by atoms with Crippen LogP contribution >= 0.6 is 0 Å². The third-order valence-electron chi connectivity index (χ3n) is 4.82. The Morgan fingerprint density at radius 1 is 1.08 bits per heavy atom. The Bertz CT molecular complexity index is 572.